The molecule has 1 nitrogen and oxygen atoms in total. The number of aromatic nitrogens is 1. The third kappa shape index (κ3) is 2.46. The maximum atomic E-state index is 8.93. The molecule has 3 aromatic rings. The summed E-state index contributed by atoms with van der Waals surface area (Å²) in [5.74, 6) is 0. The van der Waals surface area contributed by atoms with Crippen LogP contribution in [0.2, 0.25) is 39.1 Å². The summed E-state index contributed by atoms with van der Waals surface area (Å²) in [5, 5.41) is 1.05. The van der Waals surface area contributed by atoms with E-state index in [2.05, 4.69) is 0 Å². The Balaban J connectivity index is 2.53. The van der Waals surface area contributed by atoms with E-state index in [0.717, 1.165) is 0 Å². The molecule has 0 atom stereocenters. The van der Waals surface area contributed by atoms with Crippen LogP contribution in [0.15, 0.2) is 36.4 Å². The van der Waals surface area contributed by atoms with Crippen LogP contribution in [0.3, 0.4) is 0 Å². The van der Waals surface area contributed by atoms with E-state index in [1.54, 1.807) is 42.9 Å². The van der Waals surface area contributed by atoms with Crippen molar-refractivity contribution in [2.24, 2.45) is 7.05 Å². The van der Waals surface area contributed by atoms with Crippen LogP contribution >= 0.6 is 0 Å². The minimum Gasteiger partial charge on any atom is -0.344 e. The third-order valence-corrected chi connectivity index (χ3v) is 7.04. The van der Waals surface area contributed by atoms with Gasteiger partial charge < -0.3 is 4.57 Å². The van der Waals surface area contributed by atoms with E-state index in [1.807, 2.05) is 0 Å². The van der Waals surface area contributed by atoms with Crippen LogP contribution in [-0.4, -0.2) is 20.7 Å². The first kappa shape index (κ1) is 7.06. The first-order chi connectivity index (χ1) is 14.7. The molecule has 0 aliphatic carbocycles. The van der Waals surface area contributed by atoms with Crippen molar-refractivity contribution < 1.29 is 15.1 Å². The Hall–Kier alpha value is -1.33. The molecular formula is C19H27NSi2. The van der Waals surface area contributed by atoms with Gasteiger partial charge in [0.25, 0.3) is 0 Å². The molecule has 0 fully saturated rings. The Labute approximate surface area is 151 Å². The van der Waals surface area contributed by atoms with Gasteiger partial charge in [-0.25, -0.2) is 0 Å². The van der Waals surface area contributed by atoms with E-state index in [9.17, 15) is 0 Å². The number of hydrogen-bond donors (Lipinski definition) is 0. The maximum absolute atomic E-state index is 8.93. The molecule has 1 aromatic heterocycles. The van der Waals surface area contributed by atoms with Gasteiger partial charge in [-0.3, -0.25) is 0 Å². The second-order valence-corrected chi connectivity index (χ2v) is 13.2. The first-order valence-electron chi connectivity index (χ1n) is 12.7. The molecule has 0 aliphatic rings. The lowest BCUT2D eigenvalue weighted by Crippen LogP contribution is -2.37. The molecule has 0 N–H and O–H groups in total. The summed E-state index contributed by atoms with van der Waals surface area (Å²) in [7, 11) is -5.53. The molecule has 116 valence electrons. The van der Waals surface area contributed by atoms with Crippen molar-refractivity contribution in [3.63, 3.8) is 0 Å². The Morgan fingerprint density at radius 1 is 0.818 bits per heavy atom. The van der Waals surface area contributed by atoms with Crippen molar-refractivity contribution >= 4 is 48.3 Å². The highest BCUT2D eigenvalue weighted by Gasteiger charge is 2.20. The van der Waals surface area contributed by atoms with Gasteiger partial charge in [0.05, 0.1) is 18.9 Å². The second kappa shape index (κ2) is 4.83. The molecule has 0 spiro atoms. The number of rotatable bonds is 2. The standard InChI is InChI=1S/C19H27NSi2/c1-20-18-10-8-14(21(2,3)4)12-16(18)17-13-15(22(5,6)7)9-11-19(17)20/h8-13H,1-7H3/i2D3,3D3,5D3,12D,13D. The van der Waals surface area contributed by atoms with E-state index in [4.69, 9.17) is 15.1 Å². The van der Waals surface area contributed by atoms with Crippen LogP contribution in [-0.2, 0) is 7.05 Å². The van der Waals surface area contributed by atoms with Gasteiger partial charge >= 0.3 is 0 Å². The molecule has 22 heavy (non-hydrogen) atoms. The molecule has 1 heterocycles. The van der Waals surface area contributed by atoms with Crippen LogP contribution in [0.5, 0.6) is 0 Å². The van der Waals surface area contributed by atoms with E-state index in [0.29, 0.717) is 27.0 Å². The lowest BCUT2D eigenvalue weighted by Gasteiger charge is -2.17. The number of hydrogen-bond acceptors (Lipinski definition) is 0. The Morgan fingerprint density at radius 2 is 1.27 bits per heavy atom. The number of nitrogens with zero attached hydrogens (tertiary/aromatic N) is 1. The molecule has 0 saturated carbocycles. The van der Waals surface area contributed by atoms with Crippen molar-refractivity contribution in [1.82, 2.24) is 4.57 Å². The lowest BCUT2D eigenvalue weighted by atomic mass is 10.1. The van der Waals surface area contributed by atoms with E-state index < -0.39 is 35.6 Å². The number of benzene rings is 2. The average Bonchev–Trinajstić information content (AvgIpc) is 2.93. The molecule has 3 heteroatoms. The highest BCUT2D eigenvalue weighted by molar-refractivity contribution is 6.89. The molecule has 0 saturated heterocycles. The fraction of sp³-hybridized carbons (Fsp3) is 0.368. The Morgan fingerprint density at radius 3 is 1.73 bits per heavy atom. The van der Waals surface area contributed by atoms with Gasteiger partial charge in [-0.2, -0.15) is 0 Å². The first-order valence-corrected chi connectivity index (χ1v) is 12.7. The highest BCUT2D eigenvalue weighted by Crippen LogP contribution is 2.27. The smallest absolute Gasteiger partial charge is 0.0776 e. The predicted molar refractivity (Wildman–Crippen MR) is 106 cm³/mol. The van der Waals surface area contributed by atoms with Gasteiger partial charge in [-0.1, -0.05) is 73.7 Å². The summed E-state index contributed by atoms with van der Waals surface area (Å²) in [6.45, 7) is -3.21. The molecule has 2 aromatic carbocycles. The largest absolute Gasteiger partial charge is 0.344 e. The van der Waals surface area contributed by atoms with E-state index in [1.165, 1.54) is 12.6 Å². The molecule has 0 unspecified atom stereocenters. The van der Waals surface area contributed by atoms with Crippen LogP contribution in [0.1, 0.15) is 15.1 Å². The predicted octanol–water partition coefficient (Wildman–Crippen LogP) is 4.42. The molecular weight excluding hydrogens is 298 g/mol. The SMILES string of the molecule is [2H]c1c([Si](C)(C)C([2H])([2H])[2H])ccc2c1c1c([2H])c([Si](C)(C([2H])([2H])[2H])C([2H])([2H])[2H])ccc1n2C. The van der Waals surface area contributed by atoms with Crippen molar-refractivity contribution in [2.45, 2.75) is 39.1 Å². The van der Waals surface area contributed by atoms with Gasteiger partial charge in [0.1, 0.15) is 0 Å². The quantitative estimate of drug-likeness (QED) is 0.610. The van der Waals surface area contributed by atoms with Crippen molar-refractivity contribution in [3.8, 4) is 0 Å². The second-order valence-electron chi connectivity index (χ2n) is 6.57. The Bertz CT molecular complexity index is 1240. The van der Waals surface area contributed by atoms with Crippen LogP contribution in [0.25, 0.3) is 21.8 Å². The number of aryl methyl sites for hydroxylation is 1. The maximum Gasteiger partial charge on any atom is 0.0776 e. The zero-order valence-electron chi connectivity index (χ0n) is 24.3. The van der Waals surface area contributed by atoms with Crippen LogP contribution < -0.4 is 10.4 Å². The fourth-order valence-electron chi connectivity index (χ4n) is 2.70. The third-order valence-electron chi connectivity index (χ3n) is 4.03. The zero-order valence-corrected chi connectivity index (χ0v) is 15.3. The summed E-state index contributed by atoms with van der Waals surface area (Å²) in [4.78, 5) is 0. The van der Waals surface area contributed by atoms with Gasteiger partial charge in [-0.05, 0) is 12.1 Å². The van der Waals surface area contributed by atoms with Gasteiger partial charge in [-0.15, -0.1) is 0 Å². The minimum atomic E-state index is -4.21. The lowest BCUT2D eigenvalue weighted by molar-refractivity contribution is 1.01. The van der Waals surface area contributed by atoms with Crippen molar-refractivity contribution in [2.75, 3.05) is 0 Å². The topological polar surface area (TPSA) is 4.93 Å². The van der Waals surface area contributed by atoms with Crippen molar-refractivity contribution in [1.29, 1.82) is 0 Å². The van der Waals surface area contributed by atoms with Gasteiger partial charge in [0.15, 0.2) is 0 Å². The van der Waals surface area contributed by atoms with E-state index in [-0.39, 0.29) is 17.3 Å². The average molecular weight is 337 g/mol. The zero-order chi connectivity index (χ0) is 25.5. The molecule has 0 amide bonds. The summed E-state index contributed by atoms with van der Waals surface area (Å²) in [5.41, 5.74) is 1.16. The molecule has 3 rings (SSSR count). The van der Waals surface area contributed by atoms with Gasteiger partial charge in [0, 0.05) is 41.2 Å². The summed E-state index contributed by atoms with van der Waals surface area (Å²) < 4.78 is 91.8. The minimum absolute atomic E-state index is 0.00248. The molecule has 0 bridgehead atoms. The molecule has 0 aliphatic heterocycles. The summed E-state index contributed by atoms with van der Waals surface area (Å²) >= 11 is 0. The Kier molecular flexibility index (Phi) is 1.55. The van der Waals surface area contributed by atoms with Crippen molar-refractivity contribution in [3.05, 3.63) is 36.4 Å². The van der Waals surface area contributed by atoms with E-state index >= 15 is 0 Å². The summed E-state index contributed by atoms with van der Waals surface area (Å²) in [6.07, 6.45) is 0. The van der Waals surface area contributed by atoms with Crippen LogP contribution in [0, 0.1) is 0 Å². The molecule has 0 radical (unpaired) electrons. The summed E-state index contributed by atoms with van der Waals surface area (Å²) in [6, 6.07) is 6.22. The van der Waals surface area contributed by atoms with Crippen LogP contribution in [0.4, 0.5) is 0 Å². The number of fused-ring (bicyclic) bond motifs is 3. The fourth-order valence-corrected chi connectivity index (χ4v) is 4.43. The van der Waals surface area contributed by atoms with Gasteiger partial charge in [0.2, 0.25) is 0 Å². The monoisotopic (exact) mass is 336 g/mol. The normalized spacial score (nSPS) is 22.3. The highest BCUT2D eigenvalue weighted by atomic mass is 28.3.